The van der Waals surface area contributed by atoms with E-state index in [1.54, 1.807) is 7.11 Å². The summed E-state index contributed by atoms with van der Waals surface area (Å²) in [6.45, 7) is 2.20. The van der Waals surface area contributed by atoms with Crippen LogP contribution in [0, 0.1) is 0 Å². The zero-order valence-electron chi connectivity index (χ0n) is 11.5. The fourth-order valence-corrected chi connectivity index (χ4v) is 2.06. The molecule has 0 heterocycles. The molecule has 0 aliphatic carbocycles. The molecule has 0 aromatic heterocycles. The fourth-order valence-electron chi connectivity index (χ4n) is 2.06. The van der Waals surface area contributed by atoms with Crippen LogP contribution in [-0.2, 0) is 4.74 Å². The van der Waals surface area contributed by atoms with Gasteiger partial charge >= 0.3 is 0 Å². The van der Waals surface area contributed by atoms with E-state index in [1.165, 1.54) is 19.3 Å². The molecule has 1 atom stereocenters. The summed E-state index contributed by atoms with van der Waals surface area (Å²) < 4.78 is 5.43. The molecule has 0 saturated heterocycles. The summed E-state index contributed by atoms with van der Waals surface area (Å²) in [7, 11) is 1.74. The van der Waals surface area contributed by atoms with Gasteiger partial charge in [-0.2, -0.15) is 0 Å². The Morgan fingerprint density at radius 1 is 1.17 bits per heavy atom. The maximum absolute atomic E-state index is 11.9. The SMILES string of the molecule is CCCCCC(CCC(=O)c1ccccc1)OC. The van der Waals surface area contributed by atoms with E-state index >= 15 is 0 Å². The first kappa shape index (κ1) is 14.9. The topological polar surface area (TPSA) is 26.3 Å². The number of unbranched alkanes of at least 4 members (excludes halogenated alkanes) is 2. The van der Waals surface area contributed by atoms with Crippen LogP contribution in [0.1, 0.15) is 55.8 Å². The molecule has 1 aromatic rings. The Hall–Kier alpha value is -1.15. The average molecular weight is 248 g/mol. The Kier molecular flexibility index (Phi) is 7.35. The highest BCUT2D eigenvalue weighted by Gasteiger charge is 2.11. The van der Waals surface area contributed by atoms with E-state index < -0.39 is 0 Å². The third-order valence-electron chi connectivity index (χ3n) is 3.25. The zero-order chi connectivity index (χ0) is 13.2. The van der Waals surface area contributed by atoms with Gasteiger partial charge in [-0.3, -0.25) is 4.79 Å². The number of Topliss-reactive ketones (excluding diaryl/α,β-unsaturated/α-hetero) is 1. The van der Waals surface area contributed by atoms with Crippen LogP contribution < -0.4 is 0 Å². The van der Waals surface area contributed by atoms with Crippen LogP contribution in [0.15, 0.2) is 30.3 Å². The third-order valence-corrected chi connectivity index (χ3v) is 3.25. The highest BCUT2D eigenvalue weighted by atomic mass is 16.5. The van der Waals surface area contributed by atoms with Crippen molar-refractivity contribution in [1.29, 1.82) is 0 Å². The summed E-state index contributed by atoms with van der Waals surface area (Å²) >= 11 is 0. The minimum atomic E-state index is 0.216. The molecule has 0 spiro atoms. The summed E-state index contributed by atoms with van der Waals surface area (Å²) in [6, 6.07) is 9.49. The molecule has 2 nitrogen and oxygen atoms in total. The smallest absolute Gasteiger partial charge is 0.162 e. The highest BCUT2D eigenvalue weighted by Crippen LogP contribution is 2.13. The molecule has 1 aromatic carbocycles. The minimum absolute atomic E-state index is 0.216. The van der Waals surface area contributed by atoms with Crippen molar-refractivity contribution in [2.45, 2.75) is 51.6 Å². The Morgan fingerprint density at radius 3 is 2.50 bits per heavy atom. The van der Waals surface area contributed by atoms with Crippen LogP contribution in [0.5, 0.6) is 0 Å². The van der Waals surface area contributed by atoms with Crippen LogP contribution in [0.3, 0.4) is 0 Å². The average Bonchev–Trinajstić information content (AvgIpc) is 2.43. The van der Waals surface area contributed by atoms with Gasteiger partial charge < -0.3 is 4.74 Å². The zero-order valence-corrected chi connectivity index (χ0v) is 11.5. The summed E-state index contributed by atoms with van der Waals surface area (Å²) in [5.74, 6) is 0.216. The molecule has 0 N–H and O–H groups in total. The Morgan fingerprint density at radius 2 is 1.89 bits per heavy atom. The monoisotopic (exact) mass is 248 g/mol. The molecule has 100 valence electrons. The first-order valence-corrected chi connectivity index (χ1v) is 6.89. The number of carbonyl (C=O) groups is 1. The second kappa shape index (κ2) is 8.87. The van der Waals surface area contributed by atoms with E-state index in [1.807, 2.05) is 30.3 Å². The summed E-state index contributed by atoms with van der Waals surface area (Å²) in [6.07, 6.45) is 6.35. The molecule has 0 aliphatic rings. The molecular formula is C16H24O2. The molecule has 0 fully saturated rings. The van der Waals surface area contributed by atoms with E-state index in [0.29, 0.717) is 6.42 Å². The largest absolute Gasteiger partial charge is 0.381 e. The number of rotatable bonds is 9. The first-order chi connectivity index (χ1) is 8.77. The van der Waals surface area contributed by atoms with Gasteiger partial charge in [0.25, 0.3) is 0 Å². The summed E-state index contributed by atoms with van der Waals surface area (Å²) in [5.41, 5.74) is 0.806. The number of benzene rings is 1. The number of methoxy groups -OCH3 is 1. The maximum Gasteiger partial charge on any atom is 0.162 e. The predicted octanol–water partition coefficient (Wildman–Crippen LogP) is 4.24. The standard InChI is InChI=1S/C16H24O2/c1-3-4-6-11-15(18-2)12-13-16(17)14-9-7-5-8-10-14/h5,7-10,15H,3-4,6,11-13H2,1-2H3. The van der Waals surface area contributed by atoms with Crippen molar-refractivity contribution < 1.29 is 9.53 Å². The predicted molar refractivity (Wildman–Crippen MR) is 74.9 cm³/mol. The van der Waals surface area contributed by atoms with Crippen molar-refractivity contribution in [1.82, 2.24) is 0 Å². The molecule has 2 heteroatoms. The normalized spacial score (nSPS) is 12.3. The van der Waals surface area contributed by atoms with Crippen molar-refractivity contribution in [2.24, 2.45) is 0 Å². The fraction of sp³-hybridized carbons (Fsp3) is 0.562. The van der Waals surface area contributed by atoms with Gasteiger partial charge in [-0.1, -0.05) is 56.5 Å². The molecule has 0 bridgehead atoms. The number of hydrogen-bond donors (Lipinski definition) is 0. The number of ketones is 1. The molecule has 0 radical (unpaired) electrons. The van der Waals surface area contributed by atoms with Gasteiger partial charge in [0.05, 0.1) is 6.10 Å². The summed E-state index contributed by atoms with van der Waals surface area (Å²) in [4.78, 5) is 11.9. The van der Waals surface area contributed by atoms with Crippen LogP contribution >= 0.6 is 0 Å². The van der Waals surface area contributed by atoms with E-state index in [4.69, 9.17) is 4.74 Å². The van der Waals surface area contributed by atoms with Crippen LogP contribution in [0.25, 0.3) is 0 Å². The van der Waals surface area contributed by atoms with Gasteiger partial charge in [0.15, 0.2) is 5.78 Å². The van der Waals surface area contributed by atoms with E-state index in [9.17, 15) is 4.79 Å². The lowest BCUT2D eigenvalue weighted by molar-refractivity contribution is 0.0759. The van der Waals surface area contributed by atoms with E-state index in [-0.39, 0.29) is 11.9 Å². The van der Waals surface area contributed by atoms with Gasteiger partial charge in [0, 0.05) is 19.1 Å². The molecule has 18 heavy (non-hydrogen) atoms. The second-order valence-corrected chi connectivity index (χ2v) is 4.68. The first-order valence-electron chi connectivity index (χ1n) is 6.89. The van der Waals surface area contributed by atoms with E-state index in [0.717, 1.165) is 18.4 Å². The molecule has 0 saturated carbocycles. The lowest BCUT2D eigenvalue weighted by Gasteiger charge is -2.14. The maximum atomic E-state index is 11.9. The van der Waals surface area contributed by atoms with Crippen LogP contribution in [0.4, 0.5) is 0 Å². The van der Waals surface area contributed by atoms with Gasteiger partial charge in [0.2, 0.25) is 0 Å². The van der Waals surface area contributed by atoms with Gasteiger partial charge in [-0.05, 0) is 12.8 Å². The number of carbonyl (C=O) groups excluding carboxylic acids is 1. The lowest BCUT2D eigenvalue weighted by Crippen LogP contribution is -2.13. The third kappa shape index (κ3) is 5.46. The van der Waals surface area contributed by atoms with Crippen molar-refractivity contribution in [2.75, 3.05) is 7.11 Å². The molecule has 1 unspecified atom stereocenters. The van der Waals surface area contributed by atoms with Crippen LogP contribution in [-0.4, -0.2) is 19.0 Å². The van der Waals surface area contributed by atoms with Crippen molar-refractivity contribution in [3.63, 3.8) is 0 Å². The summed E-state index contributed by atoms with van der Waals surface area (Å²) in [5, 5.41) is 0. The van der Waals surface area contributed by atoms with Crippen LogP contribution in [0.2, 0.25) is 0 Å². The molecular weight excluding hydrogens is 224 g/mol. The van der Waals surface area contributed by atoms with E-state index in [2.05, 4.69) is 6.92 Å². The number of ether oxygens (including phenoxy) is 1. The van der Waals surface area contributed by atoms with Gasteiger partial charge in [0.1, 0.15) is 0 Å². The quantitative estimate of drug-likeness (QED) is 0.482. The Balaban J connectivity index is 2.32. The Labute approximate surface area is 110 Å². The van der Waals surface area contributed by atoms with Crippen molar-refractivity contribution in [3.8, 4) is 0 Å². The molecule has 1 rings (SSSR count). The highest BCUT2D eigenvalue weighted by molar-refractivity contribution is 5.95. The van der Waals surface area contributed by atoms with Gasteiger partial charge in [-0.15, -0.1) is 0 Å². The number of hydrogen-bond acceptors (Lipinski definition) is 2. The minimum Gasteiger partial charge on any atom is -0.381 e. The lowest BCUT2D eigenvalue weighted by atomic mass is 10.0. The van der Waals surface area contributed by atoms with Crippen molar-refractivity contribution >= 4 is 5.78 Å². The molecule has 0 aliphatic heterocycles. The van der Waals surface area contributed by atoms with Crippen molar-refractivity contribution in [3.05, 3.63) is 35.9 Å². The second-order valence-electron chi connectivity index (χ2n) is 4.68. The molecule has 0 amide bonds. The van der Waals surface area contributed by atoms with Gasteiger partial charge in [-0.25, -0.2) is 0 Å². The Bertz CT molecular complexity index is 332.